The van der Waals surface area contributed by atoms with E-state index < -0.39 is 11.5 Å². The van der Waals surface area contributed by atoms with Crippen molar-refractivity contribution in [1.82, 2.24) is 9.80 Å². The number of carbonyl (C=O) groups is 2. The van der Waals surface area contributed by atoms with Crippen LogP contribution >= 0.6 is 0 Å². The normalized spacial score (nSPS) is 24.2. The van der Waals surface area contributed by atoms with E-state index in [1.165, 1.54) is 0 Å². The summed E-state index contributed by atoms with van der Waals surface area (Å²) in [6.45, 7) is 8.76. The van der Waals surface area contributed by atoms with Crippen molar-refractivity contribution in [2.75, 3.05) is 19.6 Å². The largest absolute Gasteiger partial charge is 0.379 e. The molecule has 1 rings (SSSR count). The Hall–Kier alpha value is -1.14. The summed E-state index contributed by atoms with van der Waals surface area (Å²) in [5.41, 5.74) is 3.68. The zero-order valence-corrected chi connectivity index (χ0v) is 12.2. The molecule has 110 valence electrons. The molecule has 0 aromatic carbocycles. The monoisotopic (exact) mass is 271 g/mol. The number of likely N-dealkylation sites (tertiary alicyclic amines) is 1. The minimum absolute atomic E-state index is 0.0127. The van der Waals surface area contributed by atoms with Gasteiger partial charge in [0.05, 0.1) is 6.54 Å². The fourth-order valence-corrected chi connectivity index (χ4v) is 2.65. The van der Waals surface area contributed by atoms with Crippen LogP contribution in [0.25, 0.3) is 0 Å². The van der Waals surface area contributed by atoms with Gasteiger partial charge in [-0.2, -0.15) is 0 Å². The molecule has 0 bridgehead atoms. The number of β-amino-alcohol motifs (C(OH)–C–C–N with tert-alkyl or cyclic N) is 1. The SMILES string of the molecule is CC(C)N(C(=O)CN1CCC(O)(C(N)=O)C1)C(C)C. The van der Waals surface area contributed by atoms with Gasteiger partial charge in [-0.25, -0.2) is 0 Å². The number of hydrogen-bond donors (Lipinski definition) is 2. The molecule has 0 aromatic heterocycles. The maximum atomic E-state index is 12.2. The van der Waals surface area contributed by atoms with Gasteiger partial charge in [-0.05, 0) is 34.1 Å². The van der Waals surface area contributed by atoms with Gasteiger partial charge in [-0.1, -0.05) is 0 Å². The fraction of sp³-hybridized carbons (Fsp3) is 0.846. The van der Waals surface area contributed by atoms with E-state index in [1.54, 1.807) is 4.90 Å². The summed E-state index contributed by atoms with van der Waals surface area (Å²) in [5, 5.41) is 9.97. The molecule has 0 saturated carbocycles. The highest BCUT2D eigenvalue weighted by molar-refractivity contribution is 5.84. The van der Waals surface area contributed by atoms with Crippen LogP contribution in [0, 0.1) is 0 Å². The number of rotatable bonds is 5. The molecule has 1 atom stereocenters. The third kappa shape index (κ3) is 3.67. The highest BCUT2D eigenvalue weighted by Crippen LogP contribution is 2.21. The van der Waals surface area contributed by atoms with Gasteiger partial charge >= 0.3 is 0 Å². The van der Waals surface area contributed by atoms with Crippen molar-refractivity contribution in [1.29, 1.82) is 0 Å². The van der Waals surface area contributed by atoms with Gasteiger partial charge in [0.1, 0.15) is 0 Å². The van der Waals surface area contributed by atoms with E-state index in [4.69, 9.17) is 5.73 Å². The Morgan fingerprint density at radius 3 is 2.21 bits per heavy atom. The lowest BCUT2D eigenvalue weighted by Gasteiger charge is -2.32. The lowest BCUT2D eigenvalue weighted by atomic mass is 10.0. The molecule has 0 spiro atoms. The molecule has 0 radical (unpaired) electrons. The van der Waals surface area contributed by atoms with Crippen molar-refractivity contribution in [3.05, 3.63) is 0 Å². The molecule has 1 saturated heterocycles. The number of aliphatic hydroxyl groups is 1. The molecule has 6 nitrogen and oxygen atoms in total. The lowest BCUT2D eigenvalue weighted by Crippen LogP contribution is -2.49. The van der Waals surface area contributed by atoms with Crippen molar-refractivity contribution in [3.8, 4) is 0 Å². The zero-order chi connectivity index (χ0) is 14.8. The summed E-state index contributed by atoms with van der Waals surface area (Å²) in [5.74, 6) is -0.703. The van der Waals surface area contributed by atoms with Crippen LogP contribution < -0.4 is 5.73 Å². The average Bonchev–Trinajstić information content (AvgIpc) is 2.60. The number of primary amides is 1. The first kappa shape index (κ1) is 15.9. The first-order chi connectivity index (χ1) is 8.67. The van der Waals surface area contributed by atoms with E-state index in [0.717, 1.165) is 0 Å². The topological polar surface area (TPSA) is 86.9 Å². The minimum Gasteiger partial charge on any atom is -0.379 e. The predicted octanol–water partition coefficient (Wildman–Crippen LogP) is -0.446. The Kier molecular flexibility index (Phi) is 4.92. The van der Waals surface area contributed by atoms with E-state index in [1.807, 2.05) is 32.6 Å². The highest BCUT2D eigenvalue weighted by atomic mass is 16.3. The number of nitrogens with two attached hydrogens (primary N) is 1. The standard InChI is InChI=1S/C13H25N3O3/c1-9(2)16(10(3)4)11(17)7-15-6-5-13(19,8-15)12(14)18/h9-10,19H,5-8H2,1-4H3,(H2,14,18). The first-order valence-electron chi connectivity index (χ1n) is 6.73. The molecule has 1 aliphatic heterocycles. The molecule has 2 amide bonds. The Morgan fingerprint density at radius 2 is 1.84 bits per heavy atom. The smallest absolute Gasteiger partial charge is 0.250 e. The Bertz CT molecular complexity index is 349. The average molecular weight is 271 g/mol. The van der Waals surface area contributed by atoms with Gasteiger partial charge in [0.25, 0.3) is 5.91 Å². The molecule has 1 unspecified atom stereocenters. The van der Waals surface area contributed by atoms with Crippen LogP contribution in [0.3, 0.4) is 0 Å². The van der Waals surface area contributed by atoms with Crippen molar-refractivity contribution >= 4 is 11.8 Å². The summed E-state index contributed by atoms with van der Waals surface area (Å²) in [6.07, 6.45) is 0.291. The van der Waals surface area contributed by atoms with E-state index in [-0.39, 0.29) is 31.1 Å². The maximum absolute atomic E-state index is 12.2. The number of hydrogen-bond acceptors (Lipinski definition) is 4. The third-order valence-corrected chi connectivity index (χ3v) is 3.54. The van der Waals surface area contributed by atoms with Crippen LogP contribution in [0.2, 0.25) is 0 Å². The summed E-state index contributed by atoms with van der Waals surface area (Å²) < 4.78 is 0. The van der Waals surface area contributed by atoms with Gasteiger partial charge in [0, 0.05) is 25.2 Å². The zero-order valence-electron chi connectivity index (χ0n) is 12.2. The Labute approximate surface area is 114 Å². The third-order valence-electron chi connectivity index (χ3n) is 3.54. The molecular formula is C13H25N3O3. The van der Waals surface area contributed by atoms with Gasteiger partial charge in [0.15, 0.2) is 5.60 Å². The Morgan fingerprint density at radius 1 is 1.32 bits per heavy atom. The van der Waals surface area contributed by atoms with E-state index in [0.29, 0.717) is 13.0 Å². The van der Waals surface area contributed by atoms with Gasteiger partial charge in [-0.15, -0.1) is 0 Å². The molecule has 1 heterocycles. The van der Waals surface area contributed by atoms with Gasteiger partial charge in [0.2, 0.25) is 5.91 Å². The quantitative estimate of drug-likeness (QED) is 0.709. The molecule has 0 aromatic rings. The molecule has 3 N–H and O–H groups in total. The molecule has 19 heavy (non-hydrogen) atoms. The van der Waals surface area contributed by atoms with Gasteiger partial charge in [-0.3, -0.25) is 14.5 Å². The minimum atomic E-state index is -1.49. The maximum Gasteiger partial charge on any atom is 0.250 e. The second kappa shape index (κ2) is 5.88. The number of nitrogens with zero attached hydrogens (tertiary/aromatic N) is 2. The van der Waals surface area contributed by atoms with Crippen molar-refractivity contribution in [2.24, 2.45) is 5.73 Å². The molecule has 0 aliphatic carbocycles. The van der Waals surface area contributed by atoms with Crippen LogP contribution in [0.4, 0.5) is 0 Å². The molecule has 1 fully saturated rings. The van der Waals surface area contributed by atoms with E-state index >= 15 is 0 Å². The second-order valence-electron chi connectivity index (χ2n) is 5.84. The summed E-state index contributed by atoms with van der Waals surface area (Å²) in [4.78, 5) is 27.0. The van der Waals surface area contributed by atoms with Crippen molar-refractivity contribution in [3.63, 3.8) is 0 Å². The van der Waals surface area contributed by atoms with Crippen LogP contribution in [-0.2, 0) is 9.59 Å². The van der Waals surface area contributed by atoms with Crippen LogP contribution in [0.15, 0.2) is 0 Å². The number of carbonyl (C=O) groups excluding carboxylic acids is 2. The fourth-order valence-electron chi connectivity index (χ4n) is 2.65. The summed E-state index contributed by atoms with van der Waals surface area (Å²) in [7, 11) is 0. The van der Waals surface area contributed by atoms with E-state index in [9.17, 15) is 14.7 Å². The van der Waals surface area contributed by atoms with Crippen LogP contribution in [-0.4, -0.2) is 64.0 Å². The number of amides is 2. The first-order valence-corrected chi connectivity index (χ1v) is 6.73. The summed E-state index contributed by atoms with van der Waals surface area (Å²) >= 11 is 0. The molecule has 6 heteroatoms. The summed E-state index contributed by atoms with van der Waals surface area (Å²) in [6, 6.07) is 0.259. The molecule has 1 aliphatic rings. The highest BCUT2D eigenvalue weighted by Gasteiger charge is 2.42. The second-order valence-corrected chi connectivity index (χ2v) is 5.84. The van der Waals surface area contributed by atoms with Crippen molar-refractivity contribution in [2.45, 2.75) is 51.8 Å². The predicted molar refractivity (Wildman–Crippen MR) is 72.3 cm³/mol. The Balaban J connectivity index is 2.62. The lowest BCUT2D eigenvalue weighted by molar-refractivity contribution is -0.138. The van der Waals surface area contributed by atoms with Crippen molar-refractivity contribution < 1.29 is 14.7 Å². The van der Waals surface area contributed by atoms with Gasteiger partial charge < -0.3 is 15.7 Å². The molecular weight excluding hydrogens is 246 g/mol. The van der Waals surface area contributed by atoms with Crippen LogP contribution in [0.1, 0.15) is 34.1 Å². The van der Waals surface area contributed by atoms with Crippen LogP contribution in [0.5, 0.6) is 0 Å². The van der Waals surface area contributed by atoms with E-state index in [2.05, 4.69) is 0 Å².